The fourth-order valence-electron chi connectivity index (χ4n) is 1.67. The maximum atomic E-state index is 2.12. The third kappa shape index (κ3) is 23.0. The lowest BCUT2D eigenvalue weighted by Gasteiger charge is -1.92. The third-order valence-electron chi connectivity index (χ3n) is 2.60. The van der Waals surface area contributed by atoms with E-state index in [4.69, 9.17) is 0 Å². The number of hydrogen-bond donors (Lipinski definition) is 0. The number of rotatable bonds is 0. The Balaban J connectivity index is -0.000000306. The highest BCUT2D eigenvalue weighted by atomic mass is 32.2. The van der Waals surface area contributed by atoms with Gasteiger partial charge in [0.1, 0.15) is 0 Å². The summed E-state index contributed by atoms with van der Waals surface area (Å²) in [4.78, 5) is 0. The molecule has 0 nitrogen and oxygen atoms in total. The molecule has 28 heavy (non-hydrogen) atoms. The largest absolute Gasteiger partial charge is 0.169 e. The minimum atomic E-state index is 1.31. The van der Waals surface area contributed by atoms with E-state index >= 15 is 0 Å². The van der Waals surface area contributed by atoms with E-state index in [9.17, 15) is 0 Å². The van der Waals surface area contributed by atoms with Crippen molar-refractivity contribution in [1.82, 2.24) is 0 Å². The lowest BCUT2D eigenvalue weighted by molar-refractivity contribution is 1.48. The Bertz CT molecular complexity index is 555. The quantitative estimate of drug-likeness (QED) is 0.345. The van der Waals surface area contributed by atoms with Gasteiger partial charge < -0.3 is 0 Å². The summed E-state index contributed by atoms with van der Waals surface area (Å²) in [5, 5.41) is 2.62. The first kappa shape index (κ1) is 31.7. The molecule has 0 unspecified atom stereocenters. The van der Waals surface area contributed by atoms with Crippen molar-refractivity contribution in [1.29, 1.82) is 0 Å². The van der Waals surface area contributed by atoms with Gasteiger partial charge in [0, 0.05) is 0 Å². The Morgan fingerprint density at radius 2 is 0.643 bits per heavy atom. The van der Waals surface area contributed by atoms with E-state index in [0.29, 0.717) is 0 Å². The molecule has 0 aliphatic carbocycles. The van der Waals surface area contributed by atoms with Crippen LogP contribution in [0, 0.1) is 6.92 Å². The fraction of sp³-hybridized carbons (Fsp3) is 0.360. The summed E-state index contributed by atoms with van der Waals surface area (Å²) in [6.45, 7) is 6.08. The fourth-order valence-corrected chi connectivity index (χ4v) is 1.67. The third-order valence-corrected chi connectivity index (χ3v) is 2.60. The van der Waals surface area contributed by atoms with E-state index in [2.05, 4.69) is 67.6 Å². The van der Waals surface area contributed by atoms with E-state index < -0.39 is 0 Å². The second-order valence-electron chi connectivity index (χ2n) is 5.23. The first-order chi connectivity index (χ1) is 13.6. The highest BCUT2D eigenvalue weighted by Crippen LogP contribution is 2.11. The molecule has 0 saturated heterocycles. The van der Waals surface area contributed by atoms with E-state index in [0.717, 1.165) is 0 Å². The highest BCUT2D eigenvalue weighted by molar-refractivity contribution is 7.98. The molecular formula is C25H40S3. The number of hydrogen-bond acceptors (Lipinski definition) is 3. The molecule has 3 rings (SSSR count). The molecule has 0 aliphatic rings. The van der Waals surface area contributed by atoms with Crippen molar-refractivity contribution in [2.45, 2.75) is 20.8 Å². The van der Waals surface area contributed by atoms with Gasteiger partial charge in [0.15, 0.2) is 0 Å². The van der Waals surface area contributed by atoms with Gasteiger partial charge in [0.2, 0.25) is 0 Å². The number of fused-ring (bicyclic) bond motifs is 1. The van der Waals surface area contributed by atoms with E-state index in [-0.39, 0.29) is 0 Å². The number of aryl methyl sites for hydroxylation is 1. The number of benzene rings is 3. The van der Waals surface area contributed by atoms with Crippen LogP contribution in [0.5, 0.6) is 0 Å². The van der Waals surface area contributed by atoms with Gasteiger partial charge in [0.05, 0.1) is 0 Å². The molecule has 0 amide bonds. The van der Waals surface area contributed by atoms with Gasteiger partial charge in [-0.05, 0) is 55.2 Å². The van der Waals surface area contributed by atoms with Crippen molar-refractivity contribution >= 4 is 46.1 Å². The molecule has 0 aliphatic heterocycles. The van der Waals surface area contributed by atoms with Crippen LogP contribution in [0.15, 0.2) is 78.9 Å². The summed E-state index contributed by atoms with van der Waals surface area (Å²) in [5.41, 5.74) is 1.32. The van der Waals surface area contributed by atoms with E-state index in [1.807, 2.05) is 69.6 Å². The van der Waals surface area contributed by atoms with Crippen molar-refractivity contribution in [3.05, 3.63) is 84.4 Å². The molecule has 0 N–H and O–H groups in total. The molecular weight excluding hydrogens is 396 g/mol. The molecule has 3 heteroatoms. The van der Waals surface area contributed by atoms with Crippen LogP contribution in [0.2, 0.25) is 0 Å². The lowest BCUT2D eigenvalue weighted by atomic mass is 10.1. The molecule has 0 heterocycles. The smallest absolute Gasteiger partial charge is 0.0184 e. The minimum absolute atomic E-state index is 1.31. The first-order valence-corrected chi connectivity index (χ1v) is 14.2. The zero-order valence-corrected chi connectivity index (χ0v) is 21.7. The van der Waals surface area contributed by atoms with Crippen LogP contribution in [-0.2, 0) is 0 Å². The highest BCUT2D eigenvalue weighted by Gasteiger charge is 1.85. The second kappa shape index (κ2) is 28.2. The van der Waals surface area contributed by atoms with E-state index in [1.54, 1.807) is 35.3 Å². The van der Waals surface area contributed by atoms with Crippen molar-refractivity contribution in [2.75, 3.05) is 37.5 Å². The average molecular weight is 437 g/mol. The standard InChI is InChI=1S/C10H8.C7H8.3C2H6S.C2H6/c1-2-6-10-8-4-3-7-9(10)5-1;1-7-5-3-2-4-6-7;3*1-3-2;1-2/h1-8H;2-6H,1H3;3*1-2H3;1-2H3. The summed E-state index contributed by atoms with van der Waals surface area (Å²) >= 11 is 5.25. The molecule has 0 bridgehead atoms. The molecule has 0 fully saturated rings. The van der Waals surface area contributed by atoms with Gasteiger partial charge >= 0.3 is 0 Å². The summed E-state index contributed by atoms with van der Waals surface area (Å²) in [5.74, 6) is 0. The van der Waals surface area contributed by atoms with Crippen molar-refractivity contribution in [2.24, 2.45) is 0 Å². The predicted molar refractivity (Wildman–Crippen MR) is 145 cm³/mol. The summed E-state index contributed by atoms with van der Waals surface area (Å²) in [6, 6.07) is 27.0. The lowest BCUT2D eigenvalue weighted by Crippen LogP contribution is -1.67. The van der Waals surface area contributed by atoms with Crippen LogP contribution in [0.1, 0.15) is 19.4 Å². The molecule has 0 atom stereocenters. The Morgan fingerprint density at radius 3 is 0.821 bits per heavy atom. The van der Waals surface area contributed by atoms with Crippen molar-refractivity contribution in [3.63, 3.8) is 0 Å². The van der Waals surface area contributed by atoms with Crippen molar-refractivity contribution in [3.8, 4) is 0 Å². The topological polar surface area (TPSA) is 0 Å². The Hall–Kier alpha value is -1.03. The minimum Gasteiger partial charge on any atom is -0.169 e. The normalized spacial score (nSPS) is 7.89. The van der Waals surface area contributed by atoms with Crippen LogP contribution < -0.4 is 0 Å². The molecule has 0 aromatic heterocycles. The predicted octanol–water partition coefficient (Wildman–Crippen LogP) is 8.80. The summed E-state index contributed by atoms with van der Waals surface area (Å²) in [6.07, 6.45) is 12.2. The van der Waals surface area contributed by atoms with Crippen LogP contribution in [0.4, 0.5) is 0 Å². The molecule has 0 spiro atoms. The van der Waals surface area contributed by atoms with Gasteiger partial charge in [-0.1, -0.05) is 98.3 Å². The van der Waals surface area contributed by atoms with Crippen molar-refractivity contribution < 1.29 is 0 Å². The zero-order chi connectivity index (χ0) is 22.0. The van der Waals surface area contributed by atoms with Gasteiger partial charge in [-0.25, -0.2) is 0 Å². The van der Waals surface area contributed by atoms with Crippen LogP contribution in [-0.4, -0.2) is 37.5 Å². The summed E-state index contributed by atoms with van der Waals surface area (Å²) in [7, 11) is 0. The SMILES string of the molecule is CC.CSC.CSC.CSC.Cc1ccccc1.c1ccc2ccccc2c1. The van der Waals surface area contributed by atoms with Gasteiger partial charge in [0.25, 0.3) is 0 Å². The summed E-state index contributed by atoms with van der Waals surface area (Å²) < 4.78 is 0. The molecule has 158 valence electrons. The first-order valence-electron chi connectivity index (χ1n) is 9.26. The maximum Gasteiger partial charge on any atom is -0.0184 e. The molecule has 0 saturated carbocycles. The van der Waals surface area contributed by atoms with Gasteiger partial charge in [-0.3, -0.25) is 0 Å². The average Bonchev–Trinajstić information content (AvgIpc) is 2.73. The Labute approximate surface area is 188 Å². The van der Waals surface area contributed by atoms with Gasteiger partial charge in [-0.2, -0.15) is 35.3 Å². The molecule has 3 aromatic rings. The molecule has 0 radical (unpaired) electrons. The number of thioether (sulfide) groups is 3. The van der Waals surface area contributed by atoms with Crippen LogP contribution in [0.3, 0.4) is 0 Å². The zero-order valence-electron chi connectivity index (χ0n) is 19.2. The maximum absolute atomic E-state index is 2.12. The Kier molecular flexibility index (Phi) is 31.9. The second-order valence-corrected chi connectivity index (χ2v) is 7.68. The van der Waals surface area contributed by atoms with E-state index in [1.165, 1.54) is 16.3 Å². The van der Waals surface area contributed by atoms with Crippen LogP contribution in [0.25, 0.3) is 10.8 Å². The monoisotopic (exact) mass is 436 g/mol. The molecule has 3 aromatic carbocycles. The van der Waals surface area contributed by atoms with Crippen LogP contribution >= 0.6 is 35.3 Å². The van der Waals surface area contributed by atoms with Gasteiger partial charge in [-0.15, -0.1) is 0 Å². The Morgan fingerprint density at radius 1 is 0.429 bits per heavy atom.